The second-order valence-corrected chi connectivity index (χ2v) is 6.39. The molecule has 0 bridgehead atoms. The maximum atomic E-state index is 14.0. The number of Topliss-reactive ketones (excluding diaryl/α,β-unsaturated/α-hetero) is 1. The minimum absolute atomic E-state index is 0.0418. The molecule has 0 aromatic heterocycles. The van der Waals surface area contributed by atoms with Crippen molar-refractivity contribution >= 4 is 11.9 Å². The highest BCUT2D eigenvalue weighted by Gasteiger charge is 2.35. The normalized spacial score (nSPS) is 21.9. The third-order valence-corrected chi connectivity index (χ3v) is 3.20. The Morgan fingerprint density at radius 2 is 2.04 bits per heavy atom. The molecule has 0 spiro atoms. The quantitative estimate of drug-likeness (QED) is 0.907. The number of carbonyl (C=O) groups is 2. The van der Waals surface area contributed by atoms with Crippen LogP contribution < -0.4 is 5.32 Å². The van der Waals surface area contributed by atoms with Gasteiger partial charge in [0.1, 0.15) is 29.9 Å². The molecule has 1 aromatic rings. The Morgan fingerprint density at radius 1 is 1.35 bits per heavy atom. The number of rotatable bonds is 2. The molecule has 1 unspecified atom stereocenters. The highest BCUT2D eigenvalue weighted by atomic mass is 19.1. The van der Waals surface area contributed by atoms with Crippen molar-refractivity contribution in [2.45, 2.75) is 44.9 Å². The van der Waals surface area contributed by atoms with Crippen LogP contribution >= 0.6 is 0 Å². The van der Waals surface area contributed by atoms with Crippen LogP contribution in [0.3, 0.4) is 0 Å². The Kier molecular flexibility index (Phi) is 4.99. The van der Waals surface area contributed by atoms with Gasteiger partial charge in [-0.3, -0.25) is 4.79 Å². The molecule has 1 aromatic carbocycles. The van der Waals surface area contributed by atoms with E-state index in [9.17, 15) is 18.4 Å². The van der Waals surface area contributed by atoms with Crippen LogP contribution in [0.1, 0.15) is 38.9 Å². The monoisotopic (exact) mass is 327 g/mol. The average molecular weight is 327 g/mol. The fraction of sp³-hybridized carbons (Fsp3) is 0.500. The van der Waals surface area contributed by atoms with E-state index in [0.29, 0.717) is 0 Å². The van der Waals surface area contributed by atoms with Gasteiger partial charge in [0.05, 0.1) is 6.04 Å². The molecule has 5 nitrogen and oxygen atoms in total. The van der Waals surface area contributed by atoms with E-state index in [-0.39, 0.29) is 24.4 Å². The second kappa shape index (κ2) is 6.62. The van der Waals surface area contributed by atoms with E-state index < -0.39 is 35.5 Å². The summed E-state index contributed by atoms with van der Waals surface area (Å²) in [5.41, 5.74) is -0.762. The molecule has 1 amide bonds. The number of ether oxygens (including phenoxy) is 2. The molecule has 1 N–H and O–H groups in total. The fourth-order valence-electron chi connectivity index (χ4n) is 2.33. The smallest absolute Gasteiger partial charge is 0.407 e. The van der Waals surface area contributed by atoms with Crippen LogP contribution in [-0.2, 0) is 14.3 Å². The molecular formula is C16H19F2NO4. The Bertz CT molecular complexity index is 613. The Balaban J connectivity index is 2.21. The number of halogens is 2. The first kappa shape index (κ1) is 17.3. The number of carbonyl (C=O) groups excluding carboxylic acids is 2. The minimum Gasteiger partial charge on any atom is -0.444 e. The summed E-state index contributed by atoms with van der Waals surface area (Å²) in [6.45, 7) is 4.86. The lowest BCUT2D eigenvalue weighted by Crippen LogP contribution is -2.47. The number of hydrogen-bond acceptors (Lipinski definition) is 4. The molecule has 0 saturated carbocycles. The highest BCUT2D eigenvalue weighted by molar-refractivity contribution is 5.82. The van der Waals surface area contributed by atoms with Gasteiger partial charge in [-0.2, -0.15) is 0 Å². The van der Waals surface area contributed by atoms with Gasteiger partial charge in [-0.15, -0.1) is 0 Å². The zero-order chi connectivity index (χ0) is 17.2. The lowest BCUT2D eigenvalue weighted by Gasteiger charge is -2.32. The third kappa shape index (κ3) is 4.72. The Hall–Kier alpha value is -2.02. The zero-order valence-electron chi connectivity index (χ0n) is 13.2. The summed E-state index contributed by atoms with van der Waals surface area (Å²) in [5, 5.41) is 2.50. The van der Waals surface area contributed by atoms with Crippen LogP contribution in [0.5, 0.6) is 0 Å². The summed E-state index contributed by atoms with van der Waals surface area (Å²) in [6, 6.07) is 2.14. The van der Waals surface area contributed by atoms with Gasteiger partial charge in [0.2, 0.25) is 0 Å². The first-order valence-corrected chi connectivity index (χ1v) is 7.23. The molecule has 2 rings (SSSR count). The van der Waals surface area contributed by atoms with E-state index >= 15 is 0 Å². The van der Waals surface area contributed by atoms with Gasteiger partial charge in [0.15, 0.2) is 5.78 Å². The Morgan fingerprint density at radius 3 is 2.70 bits per heavy atom. The molecule has 0 radical (unpaired) electrons. The van der Waals surface area contributed by atoms with Crippen molar-refractivity contribution in [3.8, 4) is 0 Å². The van der Waals surface area contributed by atoms with Gasteiger partial charge in [-0.25, -0.2) is 13.6 Å². The maximum Gasteiger partial charge on any atom is 0.407 e. The van der Waals surface area contributed by atoms with Crippen molar-refractivity contribution in [3.05, 3.63) is 35.4 Å². The van der Waals surface area contributed by atoms with Crippen molar-refractivity contribution in [1.82, 2.24) is 5.32 Å². The van der Waals surface area contributed by atoms with Gasteiger partial charge in [0.25, 0.3) is 0 Å². The standard InChI is InChI=1S/C16H19F2NO4/c1-16(2,3)23-15(21)19-13-7-10(20)8-22-14(13)11-6-9(17)4-5-12(11)18/h4-6,13-14H,7-8H2,1-3H3,(H,19,21)/t13?,14-/m1/s1. The van der Waals surface area contributed by atoms with Gasteiger partial charge in [0, 0.05) is 12.0 Å². The molecule has 1 aliphatic rings. The van der Waals surface area contributed by atoms with Crippen molar-refractivity contribution in [2.24, 2.45) is 0 Å². The van der Waals surface area contributed by atoms with Gasteiger partial charge >= 0.3 is 6.09 Å². The summed E-state index contributed by atoms with van der Waals surface area (Å²) < 4.78 is 37.8. The predicted molar refractivity (Wildman–Crippen MR) is 77.8 cm³/mol. The van der Waals surface area contributed by atoms with E-state index in [1.54, 1.807) is 20.8 Å². The highest BCUT2D eigenvalue weighted by Crippen LogP contribution is 2.30. The van der Waals surface area contributed by atoms with Crippen molar-refractivity contribution in [3.63, 3.8) is 0 Å². The van der Waals surface area contributed by atoms with Crippen LogP contribution in [0.15, 0.2) is 18.2 Å². The van der Waals surface area contributed by atoms with Crippen LogP contribution in [-0.4, -0.2) is 30.1 Å². The maximum absolute atomic E-state index is 14.0. The number of nitrogens with one attached hydrogen (secondary N) is 1. The van der Waals surface area contributed by atoms with E-state index in [2.05, 4.69) is 5.32 Å². The number of amides is 1. The molecule has 7 heteroatoms. The first-order valence-electron chi connectivity index (χ1n) is 7.23. The summed E-state index contributed by atoms with van der Waals surface area (Å²) in [4.78, 5) is 23.5. The summed E-state index contributed by atoms with van der Waals surface area (Å²) >= 11 is 0. The van der Waals surface area contributed by atoms with E-state index in [0.717, 1.165) is 18.2 Å². The van der Waals surface area contributed by atoms with E-state index in [1.807, 2.05) is 0 Å². The topological polar surface area (TPSA) is 64.6 Å². The second-order valence-electron chi connectivity index (χ2n) is 6.39. The zero-order valence-corrected chi connectivity index (χ0v) is 13.2. The molecule has 1 saturated heterocycles. The lowest BCUT2D eigenvalue weighted by molar-refractivity contribution is -0.133. The van der Waals surface area contributed by atoms with Gasteiger partial charge < -0.3 is 14.8 Å². The molecule has 1 heterocycles. The third-order valence-electron chi connectivity index (χ3n) is 3.20. The first-order chi connectivity index (χ1) is 10.7. The number of hydrogen-bond donors (Lipinski definition) is 1. The molecule has 0 aliphatic carbocycles. The molecule has 1 fully saturated rings. The molecule has 2 atom stereocenters. The summed E-state index contributed by atoms with van der Waals surface area (Å²) in [5.74, 6) is -1.53. The van der Waals surface area contributed by atoms with Crippen LogP contribution in [0, 0.1) is 11.6 Å². The summed E-state index contributed by atoms with van der Waals surface area (Å²) in [6.07, 6.45) is -1.75. The van der Waals surface area contributed by atoms with Crippen LogP contribution in [0.4, 0.5) is 13.6 Å². The van der Waals surface area contributed by atoms with Crippen molar-refractivity contribution in [2.75, 3.05) is 6.61 Å². The number of benzene rings is 1. The van der Waals surface area contributed by atoms with Crippen LogP contribution in [0.25, 0.3) is 0 Å². The lowest BCUT2D eigenvalue weighted by atomic mass is 9.95. The number of ketones is 1. The SMILES string of the molecule is CC(C)(C)OC(=O)NC1CC(=O)CO[C@@H]1c1cc(F)ccc1F. The van der Waals surface area contributed by atoms with Crippen molar-refractivity contribution in [1.29, 1.82) is 0 Å². The van der Waals surface area contributed by atoms with E-state index in [4.69, 9.17) is 9.47 Å². The molecule has 23 heavy (non-hydrogen) atoms. The minimum atomic E-state index is -0.962. The summed E-state index contributed by atoms with van der Waals surface area (Å²) in [7, 11) is 0. The van der Waals surface area contributed by atoms with Crippen molar-refractivity contribution < 1.29 is 27.8 Å². The number of alkyl carbamates (subject to hydrolysis) is 1. The average Bonchev–Trinajstić information content (AvgIpc) is 2.40. The predicted octanol–water partition coefficient (Wildman–Crippen LogP) is 2.89. The van der Waals surface area contributed by atoms with Gasteiger partial charge in [-0.05, 0) is 39.0 Å². The Labute approximate surface area is 133 Å². The van der Waals surface area contributed by atoms with Gasteiger partial charge in [-0.1, -0.05) is 0 Å². The fourth-order valence-corrected chi connectivity index (χ4v) is 2.33. The molecular weight excluding hydrogens is 308 g/mol. The van der Waals surface area contributed by atoms with Crippen LogP contribution in [0.2, 0.25) is 0 Å². The van der Waals surface area contributed by atoms with E-state index in [1.165, 1.54) is 0 Å². The molecule has 1 aliphatic heterocycles. The molecule has 126 valence electrons. The largest absolute Gasteiger partial charge is 0.444 e.